The Labute approximate surface area is 212 Å². The van der Waals surface area contributed by atoms with Gasteiger partial charge in [0.1, 0.15) is 6.10 Å². The van der Waals surface area contributed by atoms with Crippen LogP contribution in [0.25, 0.3) is 11.1 Å². The standard InChI is InChI=1S/C32H30N2O2/c1-32(2)30-16-14-24(20-35-21-27-22-36-27)17-29(30)28-15-13-23(18-31(28)32)19-33-34(25-9-5-3-6-10-25)26-11-7-4-8-12-26/h3-19,27H,20-22H2,1-2H3. The van der Waals surface area contributed by atoms with Crippen LogP contribution in [0.5, 0.6) is 0 Å². The second kappa shape index (κ2) is 9.38. The van der Waals surface area contributed by atoms with Crippen molar-refractivity contribution in [3.8, 4) is 11.1 Å². The molecule has 0 bridgehead atoms. The third-order valence-electron chi connectivity index (χ3n) is 7.06. The molecule has 0 aromatic heterocycles. The maximum Gasteiger partial charge on any atom is 0.104 e. The second-order valence-corrected chi connectivity index (χ2v) is 10.0. The van der Waals surface area contributed by atoms with Crippen molar-refractivity contribution < 1.29 is 9.47 Å². The first kappa shape index (κ1) is 22.7. The zero-order valence-corrected chi connectivity index (χ0v) is 20.7. The first-order chi connectivity index (χ1) is 17.6. The summed E-state index contributed by atoms with van der Waals surface area (Å²) < 4.78 is 11.1. The van der Waals surface area contributed by atoms with Crippen molar-refractivity contribution in [2.45, 2.75) is 32.0 Å². The fraction of sp³-hybridized carbons (Fsp3) is 0.219. The normalized spacial score (nSPS) is 17.1. The first-order valence-electron chi connectivity index (χ1n) is 12.5. The summed E-state index contributed by atoms with van der Waals surface area (Å²) in [6, 6.07) is 33.9. The van der Waals surface area contributed by atoms with Gasteiger partial charge in [-0.05, 0) is 69.8 Å². The van der Waals surface area contributed by atoms with Gasteiger partial charge < -0.3 is 9.47 Å². The number of anilines is 2. The molecule has 4 aromatic carbocycles. The molecule has 1 saturated heterocycles. The van der Waals surface area contributed by atoms with Crippen LogP contribution in [0, 0.1) is 0 Å². The molecular formula is C32H30N2O2. The summed E-state index contributed by atoms with van der Waals surface area (Å²) in [5.41, 5.74) is 9.54. The zero-order valence-electron chi connectivity index (χ0n) is 20.7. The summed E-state index contributed by atoms with van der Waals surface area (Å²) in [5.74, 6) is 0. The molecular weight excluding hydrogens is 444 g/mol. The Kier molecular flexibility index (Phi) is 5.92. The van der Waals surface area contributed by atoms with E-state index in [1.165, 1.54) is 27.8 Å². The van der Waals surface area contributed by atoms with Crippen LogP contribution in [0.1, 0.15) is 36.1 Å². The molecule has 1 aliphatic carbocycles. The third kappa shape index (κ3) is 4.46. The van der Waals surface area contributed by atoms with E-state index in [2.05, 4.69) is 74.5 Å². The largest absolute Gasteiger partial charge is 0.374 e. The molecule has 0 amide bonds. The predicted molar refractivity (Wildman–Crippen MR) is 146 cm³/mol. The van der Waals surface area contributed by atoms with Crippen molar-refractivity contribution in [1.29, 1.82) is 0 Å². The van der Waals surface area contributed by atoms with Crippen molar-refractivity contribution in [2.75, 3.05) is 18.2 Å². The summed E-state index contributed by atoms with van der Waals surface area (Å²) in [4.78, 5) is 0. The van der Waals surface area contributed by atoms with E-state index in [-0.39, 0.29) is 5.41 Å². The Morgan fingerprint density at radius 2 is 1.56 bits per heavy atom. The minimum Gasteiger partial charge on any atom is -0.374 e. The number of fused-ring (bicyclic) bond motifs is 3. The van der Waals surface area contributed by atoms with Crippen LogP contribution < -0.4 is 5.01 Å². The summed E-state index contributed by atoms with van der Waals surface area (Å²) >= 11 is 0. The smallest absolute Gasteiger partial charge is 0.104 e. The molecule has 4 heteroatoms. The van der Waals surface area contributed by atoms with Crippen LogP contribution in [0.4, 0.5) is 11.4 Å². The number of epoxide rings is 1. The Balaban J connectivity index is 1.29. The fourth-order valence-electron chi connectivity index (χ4n) is 5.01. The molecule has 2 aliphatic rings. The minimum atomic E-state index is -0.0751. The molecule has 0 N–H and O–H groups in total. The van der Waals surface area contributed by atoms with Gasteiger partial charge in [-0.3, -0.25) is 0 Å². The predicted octanol–water partition coefficient (Wildman–Crippen LogP) is 7.08. The molecule has 0 radical (unpaired) electrons. The van der Waals surface area contributed by atoms with Crippen molar-refractivity contribution in [2.24, 2.45) is 5.10 Å². The highest BCUT2D eigenvalue weighted by atomic mass is 16.6. The Morgan fingerprint density at radius 1 is 0.861 bits per heavy atom. The number of ether oxygens (including phenoxy) is 2. The summed E-state index contributed by atoms with van der Waals surface area (Å²) in [5, 5.41) is 6.88. The van der Waals surface area contributed by atoms with Crippen LogP contribution >= 0.6 is 0 Å². The quantitative estimate of drug-likeness (QED) is 0.156. The topological polar surface area (TPSA) is 37.4 Å². The van der Waals surface area contributed by atoms with Crippen LogP contribution in [0.3, 0.4) is 0 Å². The van der Waals surface area contributed by atoms with Crippen molar-refractivity contribution in [3.63, 3.8) is 0 Å². The average Bonchev–Trinajstić information content (AvgIpc) is 3.71. The van der Waals surface area contributed by atoms with E-state index >= 15 is 0 Å². The number of para-hydroxylation sites is 2. The molecule has 4 nitrogen and oxygen atoms in total. The highest BCUT2D eigenvalue weighted by Crippen LogP contribution is 2.49. The number of hydrazone groups is 1. The molecule has 0 saturated carbocycles. The van der Waals surface area contributed by atoms with Crippen LogP contribution in [0.15, 0.2) is 102 Å². The van der Waals surface area contributed by atoms with E-state index < -0.39 is 0 Å². The second-order valence-electron chi connectivity index (χ2n) is 10.0. The maximum absolute atomic E-state index is 5.84. The van der Waals surface area contributed by atoms with E-state index in [0.717, 1.165) is 23.5 Å². The molecule has 4 aromatic rings. The highest BCUT2D eigenvalue weighted by Gasteiger charge is 2.35. The van der Waals surface area contributed by atoms with E-state index in [4.69, 9.17) is 14.6 Å². The summed E-state index contributed by atoms with van der Waals surface area (Å²) in [6.45, 7) is 6.72. The lowest BCUT2D eigenvalue weighted by molar-refractivity contribution is 0.104. The van der Waals surface area contributed by atoms with Gasteiger partial charge in [0.05, 0.1) is 37.4 Å². The summed E-state index contributed by atoms with van der Waals surface area (Å²) in [7, 11) is 0. The number of hydrogen-bond donors (Lipinski definition) is 0. The Bertz CT molecular complexity index is 1350. The molecule has 1 unspecified atom stereocenters. The molecule has 6 rings (SSSR count). The average molecular weight is 475 g/mol. The van der Waals surface area contributed by atoms with E-state index in [9.17, 15) is 0 Å². The van der Waals surface area contributed by atoms with Gasteiger partial charge in [-0.15, -0.1) is 0 Å². The number of nitrogens with zero attached hydrogens (tertiary/aromatic N) is 2. The molecule has 1 aliphatic heterocycles. The first-order valence-corrected chi connectivity index (χ1v) is 12.5. The van der Waals surface area contributed by atoms with Crippen molar-refractivity contribution >= 4 is 17.6 Å². The minimum absolute atomic E-state index is 0.0751. The molecule has 0 spiro atoms. The van der Waals surface area contributed by atoms with Gasteiger partial charge in [0, 0.05) is 5.41 Å². The number of hydrogen-bond acceptors (Lipinski definition) is 4. The van der Waals surface area contributed by atoms with Crippen molar-refractivity contribution in [3.05, 3.63) is 119 Å². The molecule has 1 atom stereocenters. The van der Waals surface area contributed by atoms with Gasteiger partial charge >= 0.3 is 0 Å². The fourth-order valence-corrected chi connectivity index (χ4v) is 5.01. The van der Waals surface area contributed by atoms with Crippen LogP contribution in [-0.4, -0.2) is 25.5 Å². The SMILES string of the molecule is CC1(C)c2ccc(COCC3CO3)cc2-c2ccc(C=NN(c3ccccc3)c3ccccc3)cc21. The van der Waals surface area contributed by atoms with Gasteiger partial charge in [-0.1, -0.05) is 74.5 Å². The van der Waals surface area contributed by atoms with Gasteiger partial charge in [-0.2, -0.15) is 5.10 Å². The molecule has 36 heavy (non-hydrogen) atoms. The Hall–Kier alpha value is -3.73. The number of benzene rings is 4. The molecule has 1 fully saturated rings. The van der Waals surface area contributed by atoms with E-state index in [0.29, 0.717) is 19.3 Å². The zero-order chi connectivity index (χ0) is 24.5. The lowest BCUT2D eigenvalue weighted by Gasteiger charge is -2.22. The van der Waals surface area contributed by atoms with Gasteiger partial charge in [0.15, 0.2) is 0 Å². The third-order valence-corrected chi connectivity index (χ3v) is 7.06. The van der Waals surface area contributed by atoms with E-state index in [1.54, 1.807) is 0 Å². The van der Waals surface area contributed by atoms with Gasteiger partial charge in [-0.25, -0.2) is 5.01 Å². The number of rotatable bonds is 8. The Morgan fingerprint density at radius 3 is 2.22 bits per heavy atom. The van der Waals surface area contributed by atoms with Gasteiger partial charge in [0.2, 0.25) is 0 Å². The molecule has 1 heterocycles. The highest BCUT2D eigenvalue weighted by molar-refractivity contribution is 5.87. The van der Waals surface area contributed by atoms with Gasteiger partial charge in [0.25, 0.3) is 0 Å². The van der Waals surface area contributed by atoms with Crippen LogP contribution in [-0.2, 0) is 21.5 Å². The van der Waals surface area contributed by atoms with E-state index in [1.807, 2.05) is 47.6 Å². The maximum atomic E-state index is 5.84. The van der Waals surface area contributed by atoms with Crippen LogP contribution in [0.2, 0.25) is 0 Å². The summed E-state index contributed by atoms with van der Waals surface area (Å²) in [6.07, 6.45) is 2.25. The molecule has 180 valence electrons. The van der Waals surface area contributed by atoms with Crippen molar-refractivity contribution in [1.82, 2.24) is 0 Å². The lowest BCUT2D eigenvalue weighted by Crippen LogP contribution is -2.15. The lowest BCUT2D eigenvalue weighted by atomic mass is 9.82. The monoisotopic (exact) mass is 474 g/mol.